The van der Waals surface area contributed by atoms with Gasteiger partial charge in [-0.15, -0.1) is 0 Å². The van der Waals surface area contributed by atoms with E-state index < -0.39 is 21.6 Å². The minimum Gasteiger partial charge on any atom is -0.361 e. The van der Waals surface area contributed by atoms with Gasteiger partial charge < -0.3 is 9.88 Å². The number of imidazole rings is 1. The number of rotatable bonds is 6. The Labute approximate surface area is 182 Å². The van der Waals surface area contributed by atoms with Crippen LogP contribution >= 0.6 is 11.3 Å². The summed E-state index contributed by atoms with van der Waals surface area (Å²) in [4.78, 5) is 9.05. The van der Waals surface area contributed by atoms with Crippen molar-refractivity contribution in [2.24, 2.45) is 0 Å². The van der Waals surface area contributed by atoms with Crippen molar-refractivity contribution in [3.63, 3.8) is 0 Å². The van der Waals surface area contributed by atoms with Crippen LogP contribution in [0.15, 0.2) is 53.6 Å². The maximum atomic E-state index is 13.4. The summed E-state index contributed by atoms with van der Waals surface area (Å²) in [7, 11) is -5.47. The van der Waals surface area contributed by atoms with Crippen LogP contribution in [0.2, 0.25) is 0 Å². The minimum absolute atomic E-state index is 0.255. The van der Waals surface area contributed by atoms with Gasteiger partial charge in [0.2, 0.25) is 0 Å². The third-order valence-electron chi connectivity index (χ3n) is 5.38. The van der Waals surface area contributed by atoms with Crippen molar-refractivity contribution in [3.8, 4) is 0 Å². The van der Waals surface area contributed by atoms with E-state index >= 15 is 0 Å². The number of aromatic amines is 1. The molecular formula is C20H21F3N4O2S2. The maximum absolute atomic E-state index is 13.4. The number of thiophene rings is 1. The van der Waals surface area contributed by atoms with Crippen LogP contribution in [0.1, 0.15) is 23.2 Å². The van der Waals surface area contributed by atoms with Crippen molar-refractivity contribution < 1.29 is 21.6 Å². The van der Waals surface area contributed by atoms with Gasteiger partial charge in [-0.25, -0.2) is 13.4 Å². The smallest absolute Gasteiger partial charge is 0.361 e. The second-order valence-electron chi connectivity index (χ2n) is 7.40. The number of hydrogen-bond donors (Lipinski definition) is 1. The van der Waals surface area contributed by atoms with Crippen molar-refractivity contribution >= 4 is 27.0 Å². The molecule has 2 aromatic heterocycles. The fourth-order valence-electron chi connectivity index (χ4n) is 3.82. The van der Waals surface area contributed by atoms with Gasteiger partial charge in [-0.1, -0.05) is 18.2 Å². The number of sulfonamides is 1. The van der Waals surface area contributed by atoms with Crippen LogP contribution in [-0.2, 0) is 29.5 Å². The van der Waals surface area contributed by atoms with E-state index in [-0.39, 0.29) is 13.1 Å². The molecule has 1 atom stereocenters. The molecule has 1 unspecified atom stereocenters. The zero-order valence-electron chi connectivity index (χ0n) is 16.4. The van der Waals surface area contributed by atoms with E-state index in [1.807, 2.05) is 33.9 Å². The second-order valence-corrected chi connectivity index (χ2v) is 10.1. The Morgan fingerprint density at radius 3 is 2.71 bits per heavy atom. The molecule has 6 nitrogen and oxygen atoms in total. The predicted octanol–water partition coefficient (Wildman–Crippen LogP) is 4.14. The molecule has 0 saturated heterocycles. The zero-order chi connectivity index (χ0) is 22.1. The second kappa shape index (κ2) is 8.64. The zero-order valence-corrected chi connectivity index (χ0v) is 18.1. The Kier molecular flexibility index (Phi) is 6.09. The molecule has 1 aliphatic rings. The van der Waals surface area contributed by atoms with Gasteiger partial charge in [0.1, 0.15) is 0 Å². The third kappa shape index (κ3) is 4.63. The SMILES string of the molecule is O=S(=O)(N1Cc2ccccc2N(Cc2cnc[nH]2)C(CCc2ccsc2)C1)C(F)(F)F. The molecule has 11 heteroatoms. The van der Waals surface area contributed by atoms with Crippen molar-refractivity contribution in [1.82, 2.24) is 14.3 Å². The van der Waals surface area contributed by atoms with Gasteiger partial charge in [-0.05, 0) is 46.9 Å². The fraction of sp³-hybridized carbons (Fsp3) is 0.350. The first-order valence-corrected chi connectivity index (χ1v) is 12.0. The highest BCUT2D eigenvalue weighted by Gasteiger charge is 2.51. The van der Waals surface area contributed by atoms with Gasteiger partial charge in [0.15, 0.2) is 0 Å². The van der Waals surface area contributed by atoms with Crippen LogP contribution in [0.5, 0.6) is 0 Å². The minimum atomic E-state index is -5.47. The number of alkyl halides is 3. The number of aryl methyl sites for hydroxylation is 1. The standard InChI is InChI=1S/C20H21F3N4O2S2/c21-20(22,23)31(28,29)26-10-16-3-1-2-4-19(16)27(11-17-9-24-14-25-17)18(12-26)6-5-15-7-8-30-13-15/h1-4,7-9,13-14,18H,5-6,10-12H2,(H,24,25). The molecule has 0 bridgehead atoms. The molecule has 0 saturated carbocycles. The number of anilines is 1. The summed E-state index contributed by atoms with van der Waals surface area (Å²) in [5.41, 5.74) is -2.21. The highest BCUT2D eigenvalue weighted by Crippen LogP contribution is 2.35. The number of benzene rings is 1. The van der Waals surface area contributed by atoms with Crippen LogP contribution in [0, 0.1) is 0 Å². The quantitative estimate of drug-likeness (QED) is 0.588. The van der Waals surface area contributed by atoms with Gasteiger partial charge in [-0.3, -0.25) is 0 Å². The maximum Gasteiger partial charge on any atom is 0.511 e. The normalized spacial score (nSPS) is 18.0. The van der Waals surface area contributed by atoms with Gasteiger partial charge in [0.25, 0.3) is 0 Å². The number of H-pyrrole nitrogens is 1. The first kappa shape index (κ1) is 21.8. The summed E-state index contributed by atoms with van der Waals surface area (Å²) in [6.07, 6.45) is 4.34. The first-order chi connectivity index (χ1) is 14.8. The van der Waals surface area contributed by atoms with Gasteiger partial charge >= 0.3 is 15.5 Å². The largest absolute Gasteiger partial charge is 0.511 e. The van der Waals surface area contributed by atoms with E-state index in [1.54, 1.807) is 36.0 Å². The molecular weight excluding hydrogens is 449 g/mol. The summed E-state index contributed by atoms with van der Waals surface area (Å²) >= 11 is 1.55. The number of aromatic nitrogens is 2. The lowest BCUT2D eigenvalue weighted by molar-refractivity contribution is -0.0492. The Morgan fingerprint density at radius 2 is 2.03 bits per heavy atom. The van der Waals surface area contributed by atoms with Crippen LogP contribution in [0.25, 0.3) is 0 Å². The Hall–Kier alpha value is -2.37. The van der Waals surface area contributed by atoms with Crippen LogP contribution in [-0.4, -0.2) is 40.8 Å². The Morgan fingerprint density at radius 1 is 1.23 bits per heavy atom. The van der Waals surface area contributed by atoms with E-state index in [0.717, 1.165) is 16.9 Å². The highest BCUT2D eigenvalue weighted by atomic mass is 32.2. The lowest BCUT2D eigenvalue weighted by atomic mass is 10.0. The molecule has 1 aromatic carbocycles. The average molecular weight is 471 g/mol. The number of fused-ring (bicyclic) bond motifs is 1. The molecule has 0 spiro atoms. The lowest BCUT2D eigenvalue weighted by Crippen LogP contribution is -2.47. The predicted molar refractivity (Wildman–Crippen MR) is 113 cm³/mol. The molecule has 0 radical (unpaired) electrons. The van der Waals surface area contributed by atoms with Gasteiger partial charge in [0, 0.05) is 31.0 Å². The van der Waals surface area contributed by atoms with Crippen molar-refractivity contribution in [2.45, 2.75) is 37.5 Å². The van der Waals surface area contributed by atoms with E-state index in [9.17, 15) is 21.6 Å². The van der Waals surface area contributed by atoms with Crippen LogP contribution in [0.4, 0.5) is 18.9 Å². The first-order valence-electron chi connectivity index (χ1n) is 9.65. The fourth-order valence-corrected chi connectivity index (χ4v) is 5.50. The van der Waals surface area contributed by atoms with Crippen LogP contribution in [0.3, 0.4) is 0 Å². The molecule has 4 rings (SSSR count). The lowest BCUT2D eigenvalue weighted by Gasteiger charge is -2.34. The average Bonchev–Trinajstić information content (AvgIpc) is 3.39. The molecule has 3 aromatic rings. The Balaban J connectivity index is 1.74. The molecule has 31 heavy (non-hydrogen) atoms. The monoisotopic (exact) mass is 470 g/mol. The number of nitrogens with zero attached hydrogens (tertiary/aromatic N) is 3. The summed E-state index contributed by atoms with van der Waals surface area (Å²) in [5.74, 6) is 0. The van der Waals surface area contributed by atoms with Gasteiger partial charge in [-0.2, -0.15) is 28.8 Å². The van der Waals surface area contributed by atoms with Crippen molar-refractivity contribution in [3.05, 3.63) is 70.4 Å². The Bertz CT molecular complexity index is 1100. The molecule has 1 N–H and O–H groups in total. The van der Waals surface area contributed by atoms with Crippen molar-refractivity contribution in [1.29, 1.82) is 0 Å². The number of hydrogen-bond acceptors (Lipinski definition) is 5. The molecule has 166 valence electrons. The summed E-state index contributed by atoms with van der Waals surface area (Å²) < 4.78 is 65.5. The molecule has 0 fully saturated rings. The molecule has 0 amide bonds. The molecule has 3 heterocycles. The third-order valence-corrected chi connectivity index (χ3v) is 7.65. The summed E-state index contributed by atoms with van der Waals surface area (Å²) in [5, 5.41) is 3.94. The van der Waals surface area contributed by atoms with E-state index in [2.05, 4.69) is 9.97 Å². The van der Waals surface area contributed by atoms with E-state index in [4.69, 9.17) is 0 Å². The molecule has 0 aliphatic carbocycles. The van der Waals surface area contributed by atoms with E-state index in [1.165, 1.54) is 0 Å². The topological polar surface area (TPSA) is 69.3 Å². The number of halogens is 3. The summed E-state index contributed by atoms with van der Waals surface area (Å²) in [6, 6.07) is 8.53. The number of para-hydroxylation sites is 1. The van der Waals surface area contributed by atoms with E-state index in [0.29, 0.717) is 29.3 Å². The number of nitrogens with one attached hydrogen (secondary N) is 1. The van der Waals surface area contributed by atoms with Crippen molar-refractivity contribution in [2.75, 3.05) is 11.4 Å². The van der Waals surface area contributed by atoms with Gasteiger partial charge in [0.05, 0.1) is 18.6 Å². The summed E-state index contributed by atoms with van der Waals surface area (Å²) in [6.45, 7) is -0.202. The highest BCUT2D eigenvalue weighted by molar-refractivity contribution is 7.89. The molecule has 1 aliphatic heterocycles. The van der Waals surface area contributed by atoms with Crippen LogP contribution < -0.4 is 4.90 Å².